The molecule has 9 nitrogen and oxygen atoms in total. The Morgan fingerprint density at radius 2 is 1.62 bits per heavy atom. The van der Waals surface area contributed by atoms with Gasteiger partial charge in [-0.25, -0.2) is 0 Å². The average Bonchev–Trinajstić information content (AvgIpc) is 3.35. The predicted molar refractivity (Wildman–Crippen MR) is 152 cm³/mol. The van der Waals surface area contributed by atoms with Gasteiger partial charge in [-0.2, -0.15) is 0 Å². The summed E-state index contributed by atoms with van der Waals surface area (Å²) in [5.41, 5.74) is 21.6. The molecule has 1 aliphatic rings. The van der Waals surface area contributed by atoms with Crippen molar-refractivity contribution in [1.82, 2.24) is 15.2 Å². The number of carbonyl (C=O) groups is 3. The fourth-order valence-electron chi connectivity index (χ4n) is 5.32. The quantitative estimate of drug-likeness (QED) is 0.258. The third kappa shape index (κ3) is 7.47. The lowest BCUT2D eigenvalue weighted by Gasteiger charge is -2.25. The molecular weight excluding hydrogens is 492 g/mol. The summed E-state index contributed by atoms with van der Waals surface area (Å²) in [6, 6.07) is 16.1. The van der Waals surface area contributed by atoms with Crippen molar-refractivity contribution in [2.24, 2.45) is 23.1 Å². The Kier molecular flexibility index (Phi) is 9.75. The highest BCUT2D eigenvalue weighted by molar-refractivity contribution is 5.94. The number of nitrogens with two attached hydrogens (primary N) is 3. The molecule has 1 aromatic heterocycles. The van der Waals surface area contributed by atoms with E-state index in [9.17, 15) is 14.4 Å². The number of hydrogen-bond donors (Lipinski definition) is 4. The first-order valence-electron chi connectivity index (χ1n) is 13.5. The number of nitrogens with zero attached hydrogens (tertiary/aromatic N) is 2. The van der Waals surface area contributed by atoms with E-state index in [1.807, 2.05) is 42.5 Å². The number of pyridine rings is 1. The maximum Gasteiger partial charge on any atom is 0.238 e. The van der Waals surface area contributed by atoms with E-state index in [0.29, 0.717) is 19.5 Å². The number of rotatable bonds is 13. The van der Waals surface area contributed by atoms with Crippen LogP contribution < -0.4 is 22.5 Å². The second-order valence-corrected chi connectivity index (χ2v) is 10.3. The van der Waals surface area contributed by atoms with Gasteiger partial charge >= 0.3 is 0 Å². The van der Waals surface area contributed by atoms with Gasteiger partial charge in [-0.1, -0.05) is 42.5 Å². The summed E-state index contributed by atoms with van der Waals surface area (Å²) >= 11 is 0. The monoisotopic (exact) mass is 530 g/mol. The molecule has 39 heavy (non-hydrogen) atoms. The van der Waals surface area contributed by atoms with Crippen molar-refractivity contribution >= 4 is 28.5 Å². The third-order valence-electron chi connectivity index (χ3n) is 7.32. The van der Waals surface area contributed by atoms with E-state index in [0.717, 1.165) is 29.3 Å². The first kappa shape index (κ1) is 28.4. The molecule has 0 unspecified atom stereocenters. The van der Waals surface area contributed by atoms with Crippen LogP contribution in [-0.4, -0.2) is 65.7 Å². The highest BCUT2D eigenvalue weighted by atomic mass is 16.2. The van der Waals surface area contributed by atoms with Gasteiger partial charge in [-0.3, -0.25) is 19.4 Å². The van der Waals surface area contributed by atoms with E-state index in [4.69, 9.17) is 17.2 Å². The maximum atomic E-state index is 13.6. The van der Waals surface area contributed by atoms with Crippen molar-refractivity contribution in [2.75, 3.05) is 26.2 Å². The molecule has 0 saturated carbocycles. The van der Waals surface area contributed by atoms with Crippen molar-refractivity contribution in [3.63, 3.8) is 0 Å². The Labute approximate surface area is 229 Å². The summed E-state index contributed by atoms with van der Waals surface area (Å²) in [6.45, 7) is 1.26. The lowest BCUT2D eigenvalue weighted by Crippen LogP contribution is -2.51. The molecule has 0 fully saturated rings. The lowest BCUT2D eigenvalue weighted by molar-refractivity contribution is -0.135. The van der Waals surface area contributed by atoms with Gasteiger partial charge in [0.1, 0.15) is 0 Å². The van der Waals surface area contributed by atoms with Crippen molar-refractivity contribution in [3.05, 3.63) is 77.5 Å². The van der Waals surface area contributed by atoms with Crippen LogP contribution in [0.3, 0.4) is 0 Å². The van der Waals surface area contributed by atoms with Gasteiger partial charge in [0, 0.05) is 44.2 Å². The van der Waals surface area contributed by atoms with Crippen LogP contribution in [-0.2, 0) is 33.6 Å². The Hall–Kier alpha value is -3.66. The Balaban J connectivity index is 1.46. The minimum Gasteiger partial charge on any atom is -0.345 e. The molecule has 0 saturated heterocycles. The fraction of sp³-hybridized carbons (Fsp3) is 0.400. The van der Waals surface area contributed by atoms with Crippen molar-refractivity contribution < 1.29 is 14.4 Å². The van der Waals surface area contributed by atoms with E-state index in [-0.39, 0.29) is 43.5 Å². The molecule has 0 bridgehead atoms. The van der Waals surface area contributed by atoms with E-state index >= 15 is 0 Å². The van der Waals surface area contributed by atoms with E-state index in [1.165, 1.54) is 16.0 Å². The topological polar surface area (TPSA) is 157 Å². The van der Waals surface area contributed by atoms with Gasteiger partial charge in [0.2, 0.25) is 11.8 Å². The van der Waals surface area contributed by atoms with Crippen molar-refractivity contribution in [3.8, 4) is 0 Å². The molecule has 1 aliphatic carbocycles. The number of para-hydroxylation sites is 1. The van der Waals surface area contributed by atoms with Crippen LogP contribution in [0, 0.1) is 5.92 Å². The molecule has 0 spiro atoms. The van der Waals surface area contributed by atoms with Crippen LogP contribution in [0.25, 0.3) is 10.9 Å². The molecule has 2 amide bonds. The van der Waals surface area contributed by atoms with Crippen LogP contribution in [0.2, 0.25) is 0 Å². The van der Waals surface area contributed by atoms with Crippen LogP contribution in [0.4, 0.5) is 0 Å². The highest BCUT2D eigenvalue weighted by Crippen LogP contribution is 2.30. The second kappa shape index (κ2) is 13.4. The zero-order valence-electron chi connectivity index (χ0n) is 22.2. The van der Waals surface area contributed by atoms with Gasteiger partial charge in [0.25, 0.3) is 0 Å². The zero-order valence-corrected chi connectivity index (χ0v) is 22.2. The number of hydrogen-bond acceptors (Lipinski definition) is 7. The fourth-order valence-corrected chi connectivity index (χ4v) is 5.32. The van der Waals surface area contributed by atoms with Gasteiger partial charge < -0.3 is 27.4 Å². The Bertz CT molecular complexity index is 1280. The molecule has 9 heteroatoms. The number of nitrogens with one attached hydrogen (secondary N) is 1. The van der Waals surface area contributed by atoms with Crippen LogP contribution in [0.5, 0.6) is 0 Å². The average molecular weight is 531 g/mol. The molecule has 2 aromatic carbocycles. The molecule has 3 aromatic rings. The summed E-state index contributed by atoms with van der Waals surface area (Å²) in [6.07, 6.45) is 3.86. The van der Waals surface area contributed by atoms with Gasteiger partial charge in [-0.15, -0.1) is 0 Å². The molecule has 2 atom stereocenters. The van der Waals surface area contributed by atoms with Gasteiger partial charge in [0.15, 0.2) is 5.78 Å². The number of Topliss-reactive ketones (excluding diaryl/α,β-unsaturated/α-hetero) is 1. The summed E-state index contributed by atoms with van der Waals surface area (Å²) in [7, 11) is 0. The second-order valence-electron chi connectivity index (χ2n) is 10.3. The number of fused-ring (bicyclic) bond motifs is 2. The summed E-state index contributed by atoms with van der Waals surface area (Å²) in [5.74, 6) is -0.698. The van der Waals surface area contributed by atoms with E-state index < -0.39 is 18.0 Å². The molecule has 206 valence electrons. The largest absolute Gasteiger partial charge is 0.345 e. The molecular formula is C30H38N6O3. The summed E-state index contributed by atoms with van der Waals surface area (Å²) in [5, 5.41) is 3.84. The molecule has 0 aliphatic heterocycles. The number of carbonyl (C=O) groups excluding carboxylic acids is 3. The number of aromatic nitrogens is 1. The van der Waals surface area contributed by atoms with Crippen LogP contribution in [0.15, 0.2) is 60.8 Å². The standard InChI is InChI=1S/C30H38N6O3/c31-9-11-36(12-10-32)29(38)18-25(33)30(39)35-27(16-20-13-22-5-1-2-6-23(22)14-20)28(37)17-21-15-24-7-3-4-8-26(24)34-19-21/h1-8,15,19-20,25,27H,9-14,16-18,31-33H2,(H,35,39)/t25-,27-/m0/s1. The Morgan fingerprint density at radius 3 is 2.28 bits per heavy atom. The SMILES string of the molecule is NCCN(CCN)C(=O)C[C@H](N)C(=O)N[C@@H](CC1Cc2ccccc2C1)C(=O)Cc1cnc2ccccc2c1. The van der Waals surface area contributed by atoms with Crippen LogP contribution in [0.1, 0.15) is 29.5 Å². The van der Waals surface area contributed by atoms with Crippen LogP contribution >= 0.6 is 0 Å². The third-order valence-corrected chi connectivity index (χ3v) is 7.32. The lowest BCUT2D eigenvalue weighted by atomic mass is 9.92. The van der Waals surface area contributed by atoms with Crippen molar-refractivity contribution in [1.29, 1.82) is 0 Å². The predicted octanol–water partition coefficient (Wildman–Crippen LogP) is 1.10. The van der Waals surface area contributed by atoms with E-state index in [1.54, 1.807) is 6.20 Å². The number of amides is 2. The maximum absolute atomic E-state index is 13.6. The Morgan fingerprint density at radius 1 is 0.974 bits per heavy atom. The molecule has 7 N–H and O–H groups in total. The minimum absolute atomic E-state index is 0.109. The first-order valence-corrected chi connectivity index (χ1v) is 13.5. The highest BCUT2D eigenvalue weighted by Gasteiger charge is 2.31. The zero-order chi connectivity index (χ0) is 27.8. The molecule has 1 heterocycles. The molecule has 0 radical (unpaired) electrons. The van der Waals surface area contributed by atoms with Crippen molar-refractivity contribution in [2.45, 2.75) is 44.2 Å². The normalized spacial score (nSPS) is 14.5. The number of benzene rings is 2. The molecule has 4 rings (SSSR count). The first-order chi connectivity index (χ1) is 18.9. The minimum atomic E-state index is -1.09. The summed E-state index contributed by atoms with van der Waals surface area (Å²) < 4.78 is 0. The van der Waals surface area contributed by atoms with E-state index in [2.05, 4.69) is 22.4 Å². The summed E-state index contributed by atoms with van der Waals surface area (Å²) in [4.78, 5) is 45.4. The smallest absolute Gasteiger partial charge is 0.238 e. The van der Waals surface area contributed by atoms with Gasteiger partial charge in [0.05, 0.1) is 24.0 Å². The number of ketones is 1. The van der Waals surface area contributed by atoms with Gasteiger partial charge in [-0.05, 0) is 54.0 Å².